The van der Waals surface area contributed by atoms with Crippen LogP contribution in [0.4, 0.5) is 5.95 Å². The van der Waals surface area contributed by atoms with Gasteiger partial charge in [0.1, 0.15) is 0 Å². The van der Waals surface area contributed by atoms with E-state index in [0.29, 0.717) is 5.95 Å². The van der Waals surface area contributed by atoms with Crippen molar-refractivity contribution in [1.29, 1.82) is 0 Å². The molecule has 0 aromatic carbocycles. The van der Waals surface area contributed by atoms with Gasteiger partial charge in [-0.25, -0.2) is 9.97 Å². The highest BCUT2D eigenvalue weighted by Crippen LogP contribution is 2.18. The van der Waals surface area contributed by atoms with Crippen molar-refractivity contribution in [2.24, 2.45) is 0 Å². The molecule has 1 aromatic rings. The first kappa shape index (κ1) is 15.2. The number of anilines is 1. The van der Waals surface area contributed by atoms with Gasteiger partial charge in [-0.15, -0.1) is 0 Å². The first-order valence-electron chi connectivity index (χ1n) is 7.73. The molecule has 0 saturated carbocycles. The van der Waals surface area contributed by atoms with Gasteiger partial charge in [-0.1, -0.05) is 19.8 Å². The van der Waals surface area contributed by atoms with E-state index in [4.69, 9.17) is 0 Å². The number of aliphatic hydroxyl groups excluding tert-OH is 1. The van der Waals surface area contributed by atoms with Crippen LogP contribution >= 0.6 is 0 Å². The zero-order valence-corrected chi connectivity index (χ0v) is 12.4. The van der Waals surface area contributed by atoms with Crippen molar-refractivity contribution < 1.29 is 5.11 Å². The number of aliphatic hydroxyl groups is 1. The maximum atomic E-state index is 9.52. The minimum Gasteiger partial charge on any atom is -0.395 e. The molecule has 1 aromatic heterocycles. The summed E-state index contributed by atoms with van der Waals surface area (Å²) in [4.78, 5) is 11.1. The predicted molar refractivity (Wildman–Crippen MR) is 80.6 cm³/mol. The molecule has 20 heavy (non-hydrogen) atoms. The summed E-state index contributed by atoms with van der Waals surface area (Å²) in [5.74, 6) is 0.699. The lowest BCUT2D eigenvalue weighted by Crippen LogP contribution is -2.36. The Bertz CT molecular complexity index is 382. The molecule has 0 amide bonds. The minimum atomic E-state index is 0.247. The number of nitrogens with zero attached hydrogens (tertiary/aromatic N) is 3. The Hall–Kier alpha value is -1.20. The van der Waals surface area contributed by atoms with Crippen LogP contribution in [-0.4, -0.2) is 45.7 Å². The van der Waals surface area contributed by atoms with Gasteiger partial charge >= 0.3 is 0 Å². The largest absolute Gasteiger partial charge is 0.395 e. The Morgan fingerprint density at radius 2 is 2.10 bits per heavy atom. The summed E-state index contributed by atoms with van der Waals surface area (Å²) in [6.07, 6.45) is 9.65. The summed E-state index contributed by atoms with van der Waals surface area (Å²) in [6, 6.07) is 0.287. The average molecular weight is 278 g/mol. The smallest absolute Gasteiger partial charge is 0.222 e. The van der Waals surface area contributed by atoms with E-state index < -0.39 is 0 Å². The standard InChI is InChI=1S/C15H26N4O/c1-2-7-16-15-17-9-13(10-18-15)11-19-8-5-3-4-6-14(19)12-20/h9-10,14,20H,2-8,11-12H2,1H3,(H,16,17,18)/t14-/m0/s1. The van der Waals surface area contributed by atoms with Gasteiger partial charge in [0.05, 0.1) is 6.61 Å². The lowest BCUT2D eigenvalue weighted by molar-refractivity contribution is 0.118. The van der Waals surface area contributed by atoms with Gasteiger partial charge < -0.3 is 10.4 Å². The number of aromatic nitrogens is 2. The van der Waals surface area contributed by atoms with Crippen LogP contribution in [0, 0.1) is 0 Å². The molecule has 0 aliphatic carbocycles. The van der Waals surface area contributed by atoms with Crippen molar-refractivity contribution in [3.8, 4) is 0 Å². The van der Waals surface area contributed by atoms with Gasteiger partial charge in [-0.2, -0.15) is 0 Å². The molecule has 1 aliphatic heterocycles. The second-order valence-electron chi connectivity index (χ2n) is 5.50. The van der Waals surface area contributed by atoms with Crippen LogP contribution in [0.25, 0.3) is 0 Å². The Labute approximate surface area is 121 Å². The molecule has 2 heterocycles. The number of rotatable bonds is 6. The average Bonchev–Trinajstić information content (AvgIpc) is 2.71. The molecule has 0 unspecified atom stereocenters. The summed E-state index contributed by atoms with van der Waals surface area (Å²) in [6.45, 7) is 5.16. The summed E-state index contributed by atoms with van der Waals surface area (Å²) >= 11 is 0. The highest BCUT2D eigenvalue weighted by atomic mass is 16.3. The molecule has 2 N–H and O–H groups in total. The van der Waals surface area contributed by atoms with E-state index in [0.717, 1.165) is 38.0 Å². The second kappa shape index (κ2) is 8.17. The van der Waals surface area contributed by atoms with Gasteiger partial charge in [-0.05, 0) is 25.8 Å². The topological polar surface area (TPSA) is 61.3 Å². The lowest BCUT2D eigenvalue weighted by Gasteiger charge is -2.28. The van der Waals surface area contributed by atoms with Gasteiger partial charge in [0.2, 0.25) is 5.95 Å². The molecule has 1 fully saturated rings. The van der Waals surface area contributed by atoms with Crippen molar-refractivity contribution in [2.45, 2.75) is 51.6 Å². The second-order valence-corrected chi connectivity index (χ2v) is 5.50. The summed E-state index contributed by atoms with van der Waals surface area (Å²) < 4.78 is 0. The molecule has 1 saturated heterocycles. The normalized spacial score (nSPS) is 20.6. The van der Waals surface area contributed by atoms with E-state index in [9.17, 15) is 5.11 Å². The Morgan fingerprint density at radius 3 is 2.80 bits per heavy atom. The van der Waals surface area contributed by atoms with Crippen molar-refractivity contribution in [2.75, 3.05) is 25.0 Å². The van der Waals surface area contributed by atoms with Crippen molar-refractivity contribution >= 4 is 5.95 Å². The monoisotopic (exact) mass is 278 g/mol. The maximum absolute atomic E-state index is 9.52. The van der Waals surface area contributed by atoms with Gasteiger partial charge in [0.25, 0.3) is 0 Å². The highest BCUT2D eigenvalue weighted by molar-refractivity contribution is 5.24. The van der Waals surface area contributed by atoms with E-state index in [1.165, 1.54) is 19.3 Å². The van der Waals surface area contributed by atoms with Gasteiger partial charge in [0.15, 0.2) is 0 Å². The quantitative estimate of drug-likeness (QED) is 0.834. The van der Waals surface area contributed by atoms with Crippen molar-refractivity contribution in [3.05, 3.63) is 18.0 Å². The summed E-state index contributed by atoms with van der Waals surface area (Å²) in [5.41, 5.74) is 1.12. The molecule has 1 aliphatic rings. The number of nitrogens with one attached hydrogen (secondary N) is 1. The Morgan fingerprint density at radius 1 is 1.30 bits per heavy atom. The molecule has 1 atom stereocenters. The third-order valence-electron chi connectivity index (χ3n) is 3.83. The lowest BCUT2D eigenvalue weighted by atomic mass is 10.1. The van der Waals surface area contributed by atoms with Crippen molar-refractivity contribution in [1.82, 2.24) is 14.9 Å². The van der Waals surface area contributed by atoms with E-state index >= 15 is 0 Å². The van der Waals surface area contributed by atoms with Crippen LogP contribution in [0.3, 0.4) is 0 Å². The molecule has 2 rings (SSSR count). The van der Waals surface area contributed by atoms with Crippen LogP contribution in [-0.2, 0) is 6.54 Å². The number of likely N-dealkylation sites (tertiary alicyclic amines) is 1. The molecule has 5 heteroatoms. The highest BCUT2D eigenvalue weighted by Gasteiger charge is 2.20. The zero-order chi connectivity index (χ0) is 14.2. The van der Waals surface area contributed by atoms with E-state index in [-0.39, 0.29) is 12.6 Å². The first-order chi connectivity index (χ1) is 9.83. The van der Waals surface area contributed by atoms with Crippen LogP contribution in [0.2, 0.25) is 0 Å². The maximum Gasteiger partial charge on any atom is 0.222 e. The molecular weight excluding hydrogens is 252 g/mol. The van der Waals surface area contributed by atoms with E-state index in [1.807, 2.05) is 12.4 Å². The van der Waals surface area contributed by atoms with E-state index in [2.05, 4.69) is 27.1 Å². The van der Waals surface area contributed by atoms with Crippen LogP contribution < -0.4 is 5.32 Å². The molecule has 0 bridgehead atoms. The molecule has 112 valence electrons. The molecule has 0 spiro atoms. The SMILES string of the molecule is CCCNc1ncc(CN2CCCCC[C@H]2CO)cn1. The third-order valence-corrected chi connectivity index (χ3v) is 3.83. The fourth-order valence-electron chi connectivity index (χ4n) is 2.65. The number of hydrogen-bond donors (Lipinski definition) is 2. The molecular formula is C15H26N4O. The Balaban J connectivity index is 1.93. The summed E-state index contributed by atoms with van der Waals surface area (Å²) in [5, 5.41) is 12.7. The molecule has 5 nitrogen and oxygen atoms in total. The third kappa shape index (κ3) is 4.42. The predicted octanol–water partition coefficient (Wildman–Crippen LogP) is 2.04. The minimum absolute atomic E-state index is 0.247. The number of hydrogen-bond acceptors (Lipinski definition) is 5. The van der Waals surface area contributed by atoms with Gasteiger partial charge in [0, 0.05) is 37.1 Å². The van der Waals surface area contributed by atoms with Gasteiger partial charge in [-0.3, -0.25) is 4.90 Å². The van der Waals surface area contributed by atoms with Crippen LogP contribution in [0.5, 0.6) is 0 Å². The van der Waals surface area contributed by atoms with Crippen LogP contribution in [0.15, 0.2) is 12.4 Å². The molecule has 0 radical (unpaired) electrons. The Kier molecular flexibility index (Phi) is 6.21. The van der Waals surface area contributed by atoms with E-state index in [1.54, 1.807) is 0 Å². The fourth-order valence-corrected chi connectivity index (χ4v) is 2.65. The van der Waals surface area contributed by atoms with Crippen molar-refractivity contribution in [3.63, 3.8) is 0 Å². The first-order valence-corrected chi connectivity index (χ1v) is 7.73. The zero-order valence-electron chi connectivity index (χ0n) is 12.4. The fraction of sp³-hybridized carbons (Fsp3) is 0.733. The van der Waals surface area contributed by atoms with Crippen LogP contribution in [0.1, 0.15) is 44.6 Å². The summed E-state index contributed by atoms with van der Waals surface area (Å²) in [7, 11) is 0.